The average molecular weight is 306 g/mol. The molecular weight excluding hydrogens is 286 g/mol. The van der Waals surface area contributed by atoms with Gasteiger partial charge in [-0.25, -0.2) is 8.78 Å². The second kappa shape index (κ2) is 6.44. The first-order valence-corrected chi connectivity index (χ1v) is 7.52. The Balaban J connectivity index is 1.65. The number of aryl methyl sites for hydroxylation is 1. The van der Waals surface area contributed by atoms with Crippen LogP contribution in [0.25, 0.3) is 0 Å². The van der Waals surface area contributed by atoms with E-state index >= 15 is 0 Å². The van der Waals surface area contributed by atoms with E-state index in [0.717, 1.165) is 38.7 Å². The van der Waals surface area contributed by atoms with Crippen LogP contribution in [0.15, 0.2) is 30.6 Å². The van der Waals surface area contributed by atoms with Gasteiger partial charge in [-0.1, -0.05) is 6.07 Å². The molecule has 1 aliphatic heterocycles. The summed E-state index contributed by atoms with van der Waals surface area (Å²) < 4.78 is 29.1. The first kappa shape index (κ1) is 15.0. The average Bonchev–Trinajstić information content (AvgIpc) is 2.77. The minimum absolute atomic E-state index is 0.364. The second-order valence-electron chi connectivity index (χ2n) is 5.71. The summed E-state index contributed by atoms with van der Waals surface area (Å²) in [7, 11) is 1.90. The molecule has 0 amide bonds. The largest absolute Gasteiger partial charge is 0.368 e. The van der Waals surface area contributed by atoms with Gasteiger partial charge in [0.2, 0.25) is 0 Å². The number of halogens is 2. The zero-order valence-electron chi connectivity index (χ0n) is 12.7. The van der Waals surface area contributed by atoms with Crippen LogP contribution in [0.5, 0.6) is 0 Å². The van der Waals surface area contributed by atoms with Gasteiger partial charge in [-0.15, -0.1) is 0 Å². The summed E-state index contributed by atoms with van der Waals surface area (Å²) >= 11 is 0. The molecule has 1 aromatic heterocycles. The van der Waals surface area contributed by atoms with Gasteiger partial charge in [0, 0.05) is 51.5 Å². The molecular formula is C16H20F2N4. The fraction of sp³-hybridized carbons (Fsp3) is 0.438. The van der Waals surface area contributed by atoms with Gasteiger partial charge in [-0.05, 0) is 18.6 Å². The Kier molecular flexibility index (Phi) is 4.38. The Hall–Kier alpha value is -1.95. The minimum Gasteiger partial charge on any atom is -0.368 e. The summed E-state index contributed by atoms with van der Waals surface area (Å²) in [6, 6.07) is 4.37. The summed E-state index contributed by atoms with van der Waals surface area (Å²) in [6.07, 6.45) is 4.81. The zero-order valence-corrected chi connectivity index (χ0v) is 12.7. The van der Waals surface area contributed by atoms with E-state index in [1.165, 1.54) is 5.56 Å². The summed E-state index contributed by atoms with van der Waals surface area (Å²) in [6.45, 7) is 4.05. The number of hydrogen-bond acceptors (Lipinski definition) is 3. The summed E-state index contributed by atoms with van der Waals surface area (Å²) in [4.78, 5) is 4.26. The first-order chi connectivity index (χ1) is 10.6. The van der Waals surface area contributed by atoms with E-state index in [2.05, 4.69) is 10.00 Å². The van der Waals surface area contributed by atoms with Gasteiger partial charge in [0.1, 0.15) is 0 Å². The maximum atomic E-state index is 13.9. The lowest BCUT2D eigenvalue weighted by Crippen LogP contribution is -2.31. The quantitative estimate of drug-likeness (QED) is 0.870. The van der Waals surface area contributed by atoms with E-state index in [1.807, 2.05) is 24.3 Å². The van der Waals surface area contributed by atoms with Crippen molar-refractivity contribution >= 4 is 5.69 Å². The molecule has 0 bridgehead atoms. The maximum absolute atomic E-state index is 13.9. The van der Waals surface area contributed by atoms with Crippen molar-refractivity contribution in [2.45, 2.75) is 13.0 Å². The Morgan fingerprint density at radius 2 is 2.00 bits per heavy atom. The molecule has 0 atom stereocenters. The number of hydrogen-bond donors (Lipinski definition) is 0. The van der Waals surface area contributed by atoms with Crippen molar-refractivity contribution in [2.75, 3.05) is 31.1 Å². The van der Waals surface area contributed by atoms with Crippen LogP contribution in [0, 0.1) is 11.6 Å². The van der Waals surface area contributed by atoms with Gasteiger partial charge in [-0.2, -0.15) is 5.10 Å². The Labute approximate surface area is 128 Å². The molecule has 0 unspecified atom stereocenters. The molecule has 2 heterocycles. The van der Waals surface area contributed by atoms with E-state index in [4.69, 9.17) is 0 Å². The lowest BCUT2D eigenvalue weighted by molar-refractivity contribution is 0.285. The van der Waals surface area contributed by atoms with Gasteiger partial charge in [-0.3, -0.25) is 9.58 Å². The number of aromatic nitrogens is 2. The third-order valence-corrected chi connectivity index (χ3v) is 4.02. The fourth-order valence-corrected chi connectivity index (χ4v) is 2.92. The molecule has 2 aromatic rings. The molecule has 0 saturated carbocycles. The van der Waals surface area contributed by atoms with Crippen molar-refractivity contribution < 1.29 is 8.78 Å². The predicted octanol–water partition coefficient (Wildman–Crippen LogP) is 2.41. The fourth-order valence-electron chi connectivity index (χ4n) is 2.92. The molecule has 3 rings (SSSR count). The van der Waals surface area contributed by atoms with E-state index in [9.17, 15) is 8.78 Å². The smallest absolute Gasteiger partial charge is 0.182 e. The van der Waals surface area contributed by atoms with Gasteiger partial charge in [0.15, 0.2) is 11.6 Å². The SMILES string of the molecule is Cn1cc(CN2CCCN(c3cccc(F)c3F)CC2)cn1. The number of benzene rings is 1. The van der Waals surface area contributed by atoms with Gasteiger partial charge in [0.25, 0.3) is 0 Å². The van der Waals surface area contributed by atoms with Gasteiger partial charge < -0.3 is 4.90 Å². The molecule has 0 spiro atoms. The van der Waals surface area contributed by atoms with Crippen LogP contribution >= 0.6 is 0 Å². The van der Waals surface area contributed by atoms with Gasteiger partial charge >= 0.3 is 0 Å². The van der Waals surface area contributed by atoms with Crippen molar-refractivity contribution in [3.8, 4) is 0 Å². The summed E-state index contributed by atoms with van der Waals surface area (Å²) in [5.74, 6) is -1.53. The van der Waals surface area contributed by atoms with E-state index in [-0.39, 0.29) is 0 Å². The Morgan fingerprint density at radius 1 is 1.14 bits per heavy atom. The van der Waals surface area contributed by atoms with Crippen LogP contribution in [0.1, 0.15) is 12.0 Å². The van der Waals surface area contributed by atoms with Crippen LogP contribution in [0.4, 0.5) is 14.5 Å². The monoisotopic (exact) mass is 306 g/mol. The standard InChI is InChI=1S/C16H20F2N4/c1-20-11-13(10-19-20)12-21-6-3-7-22(9-8-21)15-5-2-4-14(17)16(15)18/h2,4-5,10-11H,3,6-9,12H2,1H3. The van der Waals surface area contributed by atoms with Crippen molar-refractivity contribution in [2.24, 2.45) is 7.05 Å². The van der Waals surface area contributed by atoms with Crippen molar-refractivity contribution in [1.29, 1.82) is 0 Å². The first-order valence-electron chi connectivity index (χ1n) is 7.52. The van der Waals surface area contributed by atoms with Crippen LogP contribution in [0.2, 0.25) is 0 Å². The maximum Gasteiger partial charge on any atom is 0.182 e. The molecule has 1 fully saturated rings. The molecule has 0 N–H and O–H groups in total. The highest BCUT2D eigenvalue weighted by Gasteiger charge is 2.19. The van der Waals surface area contributed by atoms with Crippen molar-refractivity contribution in [1.82, 2.24) is 14.7 Å². The number of rotatable bonds is 3. The highest BCUT2D eigenvalue weighted by Crippen LogP contribution is 2.23. The topological polar surface area (TPSA) is 24.3 Å². The van der Waals surface area contributed by atoms with Crippen LogP contribution in [-0.2, 0) is 13.6 Å². The number of nitrogens with zero attached hydrogens (tertiary/aromatic N) is 4. The normalized spacial score (nSPS) is 16.8. The van der Waals surface area contributed by atoms with Crippen LogP contribution in [0.3, 0.4) is 0 Å². The summed E-state index contributed by atoms with van der Waals surface area (Å²) in [5, 5.41) is 4.18. The van der Waals surface area contributed by atoms with E-state index in [1.54, 1.807) is 16.8 Å². The van der Waals surface area contributed by atoms with Crippen molar-refractivity contribution in [3.05, 3.63) is 47.8 Å². The molecule has 1 aromatic carbocycles. The Bertz CT molecular complexity index is 641. The lowest BCUT2D eigenvalue weighted by Gasteiger charge is -2.24. The highest BCUT2D eigenvalue weighted by atomic mass is 19.2. The van der Waals surface area contributed by atoms with Crippen molar-refractivity contribution in [3.63, 3.8) is 0 Å². The molecule has 0 aliphatic carbocycles. The molecule has 118 valence electrons. The number of anilines is 1. The molecule has 1 aliphatic rings. The van der Waals surface area contributed by atoms with Gasteiger partial charge in [0.05, 0.1) is 11.9 Å². The van der Waals surface area contributed by atoms with E-state index < -0.39 is 11.6 Å². The second-order valence-corrected chi connectivity index (χ2v) is 5.71. The van der Waals surface area contributed by atoms with Crippen LogP contribution < -0.4 is 4.90 Å². The summed E-state index contributed by atoms with van der Waals surface area (Å²) in [5.41, 5.74) is 1.54. The minimum atomic E-state index is -0.783. The molecule has 1 saturated heterocycles. The molecule has 6 heteroatoms. The molecule has 4 nitrogen and oxygen atoms in total. The third kappa shape index (κ3) is 3.27. The van der Waals surface area contributed by atoms with Crippen LogP contribution in [-0.4, -0.2) is 40.9 Å². The molecule has 22 heavy (non-hydrogen) atoms. The third-order valence-electron chi connectivity index (χ3n) is 4.02. The Morgan fingerprint density at radius 3 is 2.77 bits per heavy atom. The highest BCUT2D eigenvalue weighted by molar-refractivity contribution is 5.48. The predicted molar refractivity (Wildman–Crippen MR) is 81.7 cm³/mol. The molecule has 0 radical (unpaired) electrons. The van der Waals surface area contributed by atoms with E-state index in [0.29, 0.717) is 12.2 Å². The zero-order chi connectivity index (χ0) is 15.5. The lowest BCUT2D eigenvalue weighted by atomic mass is 10.2.